The minimum atomic E-state index is -4.44. The Morgan fingerprint density at radius 2 is 1.93 bits per heavy atom. The molecule has 4 unspecified atom stereocenters. The van der Waals surface area contributed by atoms with E-state index in [0.717, 1.165) is 36.8 Å². The van der Waals surface area contributed by atoms with Crippen LogP contribution in [0.4, 0.5) is 18.9 Å². The number of alkyl halides is 3. The van der Waals surface area contributed by atoms with Crippen LogP contribution in [0.3, 0.4) is 0 Å². The number of hydrogen-bond acceptors (Lipinski definition) is 2. The van der Waals surface area contributed by atoms with Gasteiger partial charge in [0.1, 0.15) is 0 Å². The molecule has 0 bridgehead atoms. The van der Waals surface area contributed by atoms with Gasteiger partial charge in [-0.3, -0.25) is 4.99 Å². The number of hydrogen-bond donors (Lipinski definition) is 1. The number of halogens is 3. The summed E-state index contributed by atoms with van der Waals surface area (Å²) >= 11 is 0. The first-order chi connectivity index (χ1) is 19.7. The van der Waals surface area contributed by atoms with Crippen molar-refractivity contribution in [2.45, 2.75) is 63.5 Å². The van der Waals surface area contributed by atoms with E-state index in [4.69, 9.17) is 0 Å². The van der Waals surface area contributed by atoms with Gasteiger partial charge in [-0.25, -0.2) is 0 Å². The SMILES string of the molecule is C=C(Nc1cc(C2C=CC(C)=C2)cc(C(F)(F)F)c1)c1ccc2c(c1)C(CC1=CC=C3C=NC=CC3C1)CC2CC.[HH]. The van der Waals surface area contributed by atoms with Crippen molar-refractivity contribution in [1.29, 1.82) is 0 Å². The molecule has 0 fully saturated rings. The average molecular weight is 555 g/mol. The maximum atomic E-state index is 13.8. The summed E-state index contributed by atoms with van der Waals surface area (Å²) in [4.78, 5) is 4.26. The van der Waals surface area contributed by atoms with Gasteiger partial charge >= 0.3 is 6.18 Å². The van der Waals surface area contributed by atoms with E-state index in [1.807, 2.05) is 37.6 Å². The Hall–Kier alpha value is -3.86. The smallest absolute Gasteiger partial charge is 0.356 e. The average Bonchev–Trinajstić information content (AvgIpc) is 3.55. The molecule has 2 aromatic carbocycles. The number of rotatable bonds is 7. The van der Waals surface area contributed by atoms with E-state index in [-0.39, 0.29) is 7.34 Å². The summed E-state index contributed by atoms with van der Waals surface area (Å²) in [5.41, 5.74) is 8.37. The highest BCUT2D eigenvalue weighted by atomic mass is 19.4. The monoisotopic (exact) mass is 554 g/mol. The van der Waals surface area contributed by atoms with E-state index < -0.39 is 11.7 Å². The van der Waals surface area contributed by atoms with Gasteiger partial charge in [-0.15, -0.1) is 0 Å². The summed E-state index contributed by atoms with van der Waals surface area (Å²) < 4.78 is 41.5. The van der Waals surface area contributed by atoms with Crippen LogP contribution < -0.4 is 5.32 Å². The molecule has 0 saturated carbocycles. The van der Waals surface area contributed by atoms with Gasteiger partial charge in [0, 0.05) is 37.1 Å². The predicted molar refractivity (Wildman–Crippen MR) is 165 cm³/mol. The van der Waals surface area contributed by atoms with Gasteiger partial charge < -0.3 is 5.32 Å². The number of benzene rings is 2. The van der Waals surface area contributed by atoms with Crippen LogP contribution in [0.2, 0.25) is 0 Å². The second kappa shape index (κ2) is 10.8. The number of fused-ring (bicyclic) bond motifs is 2. The molecule has 3 aliphatic carbocycles. The number of allylic oxidation sites excluding steroid dienone is 9. The summed E-state index contributed by atoms with van der Waals surface area (Å²) in [6, 6.07) is 10.7. The standard InChI is InChI=1S/C36H35F3N2.H2/c1-4-25-16-31(15-24-6-8-29-21-40-12-11-28(29)14-24)35-19-26(9-10-34(25)35)23(3)41-33-18-30(27-7-5-22(2)13-27)17-32(20-33)36(37,38)39;/h5-13,17-21,25,27-28,31,41H,3-4,14-16H2,1-2H3;1H. The fourth-order valence-electron chi connectivity index (χ4n) is 6.72. The van der Waals surface area contributed by atoms with E-state index in [9.17, 15) is 13.2 Å². The van der Waals surface area contributed by atoms with Crippen LogP contribution in [0.1, 0.15) is 86.5 Å². The van der Waals surface area contributed by atoms with Crippen molar-refractivity contribution in [3.8, 4) is 0 Å². The molecule has 0 amide bonds. The molecular formula is C36H37F3N2. The molecule has 5 heteroatoms. The normalized spacial score (nSPS) is 24.5. The molecule has 1 N–H and O–H groups in total. The topological polar surface area (TPSA) is 24.4 Å². The lowest BCUT2D eigenvalue weighted by atomic mass is 9.82. The lowest BCUT2D eigenvalue weighted by Gasteiger charge is -2.24. The van der Waals surface area contributed by atoms with Crippen LogP contribution >= 0.6 is 0 Å². The Kier molecular flexibility index (Phi) is 7.23. The Balaban J connectivity index is 0.00000353. The fraction of sp³-hybridized carbons (Fsp3) is 0.306. The van der Waals surface area contributed by atoms with Crippen LogP contribution in [0.25, 0.3) is 5.70 Å². The zero-order valence-corrected chi connectivity index (χ0v) is 23.5. The second-order valence-electron chi connectivity index (χ2n) is 11.7. The van der Waals surface area contributed by atoms with Gasteiger partial charge in [0.05, 0.1) is 5.56 Å². The minimum Gasteiger partial charge on any atom is -0.356 e. The first-order valence-electron chi connectivity index (χ1n) is 14.5. The van der Waals surface area contributed by atoms with Crippen LogP contribution in [0, 0.1) is 5.92 Å². The van der Waals surface area contributed by atoms with E-state index in [2.05, 4.69) is 60.2 Å². The number of nitrogens with one attached hydrogen (secondary N) is 1. The summed E-state index contributed by atoms with van der Waals surface area (Å²) in [6.07, 6.45) is 16.2. The first kappa shape index (κ1) is 27.3. The summed E-state index contributed by atoms with van der Waals surface area (Å²) in [5.74, 6) is 1.16. The van der Waals surface area contributed by atoms with Crippen molar-refractivity contribution >= 4 is 17.6 Å². The second-order valence-corrected chi connectivity index (χ2v) is 11.7. The van der Waals surface area contributed by atoms with E-state index >= 15 is 0 Å². The maximum absolute atomic E-state index is 13.8. The number of aliphatic imine (C=N–C) groups is 1. The summed E-state index contributed by atoms with van der Waals surface area (Å²) in [5, 5.41) is 3.21. The molecule has 6 rings (SSSR count). The van der Waals surface area contributed by atoms with E-state index in [1.54, 1.807) is 6.07 Å². The molecule has 0 saturated heterocycles. The van der Waals surface area contributed by atoms with Crippen molar-refractivity contribution in [2.24, 2.45) is 10.9 Å². The van der Waals surface area contributed by atoms with Gasteiger partial charge in [0.25, 0.3) is 0 Å². The van der Waals surface area contributed by atoms with Crippen LogP contribution in [0.15, 0.2) is 107 Å². The van der Waals surface area contributed by atoms with Gasteiger partial charge in [0.15, 0.2) is 0 Å². The van der Waals surface area contributed by atoms with Crippen LogP contribution in [-0.2, 0) is 6.18 Å². The molecule has 41 heavy (non-hydrogen) atoms. The highest BCUT2D eigenvalue weighted by Crippen LogP contribution is 2.48. The van der Waals surface area contributed by atoms with Crippen molar-refractivity contribution in [3.63, 3.8) is 0 Å². The molecule has 1 heterocycles. The number of anilines is 1. The maximum Gasteiger partial charge on any atom is 0.416 e. The Morgan fingerprint density at radius 1 is 1.07 bits per heavy atom. The van der Waals surface area contributed by atoms with Crippen molar-refractivity contribution in [3.05, 3.63) is 130 Å². The van der Waals surface area contributed by atoms with Crippen LogP contribution in [-0.4, -0.2) is 6.21 Å². The Morgan fingerprint density at radius 3 is 2.68 bits per heavy atom. The van der Waals surface area contributed by atoms with Gasteiger partial charge in [-0.2, -0.15) is 13.2 Å². The molecule has 212 valence electrons. The van der Waals surface area contributed by atoms with Gasteiger partial charge in [-0.1, -0.05) is 73.2 Å². The third-order valence-corrected chi connectivity index (χ3v) is 8.91. The number of nitrogens with zero attached hydrogens (tertiary/aromatic N) is 1. The van der Waals surface area contributed by atoms with Crippen molar-refractivity contribution < 1.29 is 14.6 Å². The molecule has 4 aliphatic rings. The van der Waals surface area contributed by atoms with Gasteiger partial charge in [-0.05, 0) is 96.5 Å². The predicted octanol–water partition coefficient (Wildman–Crippen LogP) is 10.5. The molecule has 0 spiro atoms. The molecule has 4 atom stereocenters. The first-order valence-corrected chi connectivity index (χ1v) is 14.5. The van der Waals surface area contributed by atoms with E-state index in [0.29, 0.717) is 34.7 Å². The quantitative estimate of drug-likeness (QED) is 0.362. The van der Waals surface area contributed by atoms with Crippen LogP contribution in [0.5, 0.6) is 0 Å². The molecule has 2 nitrogen and oxygen atoms in total. The summed E-state index contributed by atoms with van der Waals surface area (Å²) in [7, 11) is 0. The lowest BCUT2D eigenvalue weighted by molar-refractivity contribution is -0.137. The summed E-state index contributed by atoms with van der Waals surface area (Å²) in [6.45, 7) is 8.44. The van der Waals surface area contributed by atoms with Crippen molar-refractivity contribution in [1.82, 2.24) is 0 Å². The largest absolute Gasteiger partial charge is 0.416 e. The molecule has 0 aromatic heterocycles. The lowest BCUT2D eigenvalue weighted by Crippen LogP contribution is -2.11. The Labute approximate surface area is 242 Å². The van der Waals surface area contributed by atoms with E-state index in [1.165, 1.54) is 34.4 Å². The third-order valence-electron chi connectivity index (χ3n) is 8.91. The Bertz CT molecular complexity index is 1570. The van der Waals surface area contributed by atoms with Crippen molar-refractivity contribution in [2.75, 3.05) is 5.32 Å². The fourth-order valence-corrected chi connectivity index (χ4v) is 6.72. The molecule has 2 aromatic rings. The highest BCUT2D eigenvalue weighted by molar-refractivity contribution is 5.82. The zero-order chi connectivity index (χ0) is 28.7. The third kappa shape index (κ3) is 5.68. The molecule has 0 radical (unpaired) electrons. The molecular weight excluding hydrogens is 517 g/mol. The highest BCUT2D eigenvalue weighted by Gasteiger charge is 2.33. The molecule has 1 aliphatic heterocycles. The zero-order valence-electron chi connectivity index (χ0n) is 23.5. The minimum absolute atomic E-state index is 0. The van der Waals surface area contributed by atoms with Gasteiger partial charge in [0.2, 0.25) is 0 Å².